The summed E-state index contributed by atoms with van der Waals surface area (Å²) in [6, 6.07) is 11.9. The van der Waals surface area contributed by atoms with E-state index in [4.69, 9.17) is 0 Å². The van der Waals surface area contributed by atoms with Crippen LogP contribution < -0.4 is 5.32 Å². The quantitative estimate of drug-likeness (QED) is 0.886. The van der Waals surface area contributed by atoms with Crippen LogP contribution in [0.5, 0.6) is 5.75 Å². The van der Waals surface area contributed by atoms with Crippen LogP contribution in [0.15, 0.2) is 36.4 Å². The van der Waals surface area contributed by atoms with E-state index in [1.54, 1.807) is 12.1 Å². The van der Waals surface area contributed by atoms with Gasteiger partial charge in [-0.2, -0.15) is 0 Å². The van der Waals surface area contributed by atoms with Crippen molar-refractivity contribution < 1.29 is 5.11 Å². The third kappa shape index (κ3) is 3.50. The number of hydrogen-bond donors (Lipinski definition) is 2. The number of aromatic hydroxyl groups is 1. The van der Waals surface area contributed by atoms with Gasteiger partial charge in [-0.05, 0) is 42.2 Å². The highest BCUT2D eigenvalue weighted by Gasteiger charge is 2.12. The SMILES string of the molecule is Cc1ccc(O)c(CNc2ccc(C(C)(C)C)cc2)n1. The van der Waals surface area contributed by atoms with Gasteiger partial charge in [-0.25, -0.2) is 0 Å². The molecule has 0 saturated heterocycles. The van der Waals surface area contributed by atoms with E-state index in [-0.39, 0.29) is 11.2 Å². The molecule has 1 aromatic carbocycles. The number of pyridine rings is 1. The Kier molecular flexibility index (Phi) is 3.98. The van der Waals surface area contributed by atoms with Gasteiger partial charge >= 0.3 is 0 Å². The van der Waals surface area contributed by atoms with Crippen LogP contribution in [0.2, 0.25) is 0 Å². The van der Waals surface area contributed by atoms with E-state index >= 15 is 0 Å². The van der Waals surface area contributed by atoms with Crippen molar-refractivity contribution in [3.05, 3.63) is 53.3 Å². The molecule has 20 heavy (non-hydrogen) atoms. The monoisotopic (exact) mass is 270 g/mol. The van der Waals surface area contributed by atoms with Crippen LogP contribution in [-0.4, -0.2) is 10.1 Å². The maximum Gasteiger partial charge on any atom is 0.138 e. The van der Waals surface area contributed by atoms with Crippen molar-refractivity contribution in [1.82, 2.24) is 4.98 Å². The van der Waals surface area contributed by atoms with Crippen molar-refractivity contribution in [3.8, 4) is 5.75 Å². The van der Waals surface area contributed by atoms with Gasteiger partial charge in [0.25, 0.3) is 0 Å². The van der Waals surface area contributed by atoms with Crippen LogP contribution in [0.1, 0.15) is 37.7 Å². The first-order valence-electron chi connectivity index (χ1n) is 6.86. The fourth-order valence-electron chi connectivity index (χ4n) is 2.01. The molecule has 0 fully saturated rings. The molecule has 0 aliphatic rings. The number of hydrogen-bond acceptors (Lipinski definition) is 3. The van der Waals surface area contributed by atoms with E-state index < -0.39 is 0 Å². The van der Waals surface area contributed by atoms with Crippen LogP contribution in [-0.2, 0) is 12.0 Å². The van der Waals surface area contributed by atoms with E-state index in [0.29, 0.717) is 12.2 Å². The molecule has 1 aromatic heterocycles. The zero-order valence-corrected chi connectivity index (χ0v) is 12.6. The summed E-state index contributed by atoms with van der Waals surface area (Å²) in [5.74, 6) is 0.231. The smallest absolute Gasteiger partial charge is 0.138 e. The van der Waals surface area contributed by atoms with E-state index in [2.05, 4.69) is 55.3 Å². The third-order valence-corrected chi connectivity index (χ3v) is 3.30. The molecule has 0 unspecified atom stereocenters. The van der Waals surface area contributed by atoms with Crippen molar-refractivity contribution in [2.45, 2.75) is 39.7 Å². The second-order valence-electron chi connectivity index (χ2n) is 6.10. The highest BCUT2D eigenvalue weighted by atomic mass is 16.3. The van der Waals surface area contributed by atoms with Gasteiger partial charge in [0.15, 0.2) is 0 Å². The second-order valence-corrected chi connectivity index (χ2v) is 6.10. The van der Waals surface area contributed by atoms with E-state index in [9.17, 15) is 5.11 Å². The van der Waals surface area contributed by atoms with Gasteiger partial charge in [-0.3, -0.25) is 4.98 Å². The summed E-state index contributed by atoms with van der Waals surface area (Å²) in [6.07, 6.45) is 0. The summed E-state index contributed by atoms with van der Waals surface area (Å²) in [5, 5.41) is 13.0. The van der Waals surface area contributed by atoms with Gasteiger partial charge < -0.3 is 10.4 Å². The minimum atomic E-state index is 0.162. The molecule has 2 aromatic rings. The normalized spacial score (nSPS) is 11.4. The average molecular weight is 270 g/mol. The number of anilines is 1. The molecule has 3 heteroatoms. The lowest BCUT2D eigenvalue weighted by molar-refractivity contribution is 0.464. The second kappa shape index (κ2) is 5.53. The minimum Gasteiger partial charge on any atom is -0.506 e. The molecule has 3 nitrogen and oxygen atoms in total. The zero-order chi connectivity index (χ0) is 14.8. The van der Waals surface area contributed by atoms with Gasteiger partial charge in [-0.1, -0.05) is 32.9 Å². The zero-order valence-electron chi connectivity index (χ0n) is 12.6. The van der Waals surface area contributed by atoms with Gasteiger partial charge in [-0.15, -0.1) is 0 Å². The Morgan fingerprint density at radius 3 is 2.30 bits per heavy atom. The Morgan fingerprint density at radius 2 is 1.70 bits per heavy atom. The Morgan fingerprint density at radius 1 is 1.05 bits per heavy atom. The lowest BCUT2D eigenvalue weighted by Gasteiger charge is -2.19. The number of benzene rings is 1. The molecule has 0 radical (unpaired) electrons. The van der Waals surface area contributed by atoms with Crippen LogP contribution in [0.25, 0.3) is 0 Å². The topological polar surface area (TPSA) is 45.1 Å². The molecular weight excluding hydrogens is 248 g/mol. The van der Waals surface area contributed by atoms with Crippen molar-refractivity contribution in [2.75, 3.05) is 5.32 Å². The first-order valence-corrected chi connectivity index (χ1v) is 6.86. The molecule has 0 spiro atoms. The predicted molar refractivity (Wildman–Crippen MR) is 83.1 cm³/mol. The molecule has 106 valence electrons. The van der Waals surface area contributed by atoms with Crippen LogP contribution in [0.3, 0.4) is 0 Å². The molecular formula is C17H22N2O. The summed E-state index contributed by atoms with van der Waals surface area (Å²) in [5.41, 5.74) is 4.07. The van der Waals surface area contributed by atoms with Gasteiger partial charge in [0.2, 0.25) is 0 Å². The number of nitrogens with zero attached hydrogens (tertiary/aromatic N) is 1. The van der Waals surface area contributed by atoms with Crippen molar-refractivity contribution >= 4 is 5.69 Å². The fraction of sp³-hybridized carbons (Fsp3) is 0.353. The standard InChI is InChI=1S/C17H22N2O/c1-12-5-10-16(20)15(19-12)11-18-14-8-6-13(7-9-14)17(2,3)4/h5-10,18,20H,11H2,1-4H3. The summed E-state index contributed by atoms with van der Waals surface area (Å²) in [7, 11) is 0. The predicted octanol–water partition coefficient (Wildman–Crippen LogP) is 4.01. The Labute approximate surface area is 120 Å². The van der Waals surface area contributed by atoms with Gasteiger partial charge in [0, 0.05) is 11.4 Å². The maximum absolute atomic E-state index is 9.76. The summed E-state index contributed by atoms with van der Waals surface area (Å²) < 4.78 is 0. The molecule has 2 rings (SSSR count). The van der Waals surface area contributed by atoms with Crippen LogP contribution >= 0.6 is 0 Å². The molecule has 0 amide bonds. The number of nitrogens with one attached hydrogen (secondary N) is 1. The molecule has 0 aliphatic heterocycles. The Hall–Kier alpha value is -2.03. The van der Waals surface area contributed by atoms with E-state index in [0.717, 1.165) is 11.4 Å². The van der Waals surface area contributed by atoms with Gasteiger partial charge in [0.1, 0.15) is 11.4 Å². The van der Waals surface area contributed by atoms with Crippen LogP contribution in [0.4, 0.5) is 5.69 Å². The third-order valence-electron chi connectivity index (χ3n) is 3.30. The number of rotatable bonds is 3. The largest absolute Gasteiger partial charge is 0.506 e. The first-order chi connectivity index (χ1) is 9.36. The highest BCUT2D eigenvalue weighted by Crippen LogP contribution is 2.24. The Bertz CT molecular complexity index is 583. The molecule has 1 heterocycles. The summed E-state index contributed by atoms with van der Waals surface area (Å²) in [6.45, 7) is 9.03. The first kappa shape index (κ1) is 14.4. The summed E-state index contributed by atoms with van der Waals surface area (Å²) in [4.78, 5) is 4.33. The lowest BCUT2D eigenvalue weighted by Crippen LogP contribution is -2.11. The highest BCUT2D eigenvalue weighted by molar-refractivity contribution is 5.46. The fourth-order valence-corrected chi connectivity index (χ4v) is 2.01. The number of aromatic nitrogens is 1. The van der Waals surface area contributed by atoms with E-state index in [1.165, 1.54) is 5.56 Å². The summed E-state index contributed by atoms with van der Waals surface area (Å²) >= 11 is 0. The van der Waals surface area contributed by atoms with Crippen molar-refractivity contribution in [3.63, 3.8) is 0 Å². The van der Waals surface area contributed by atoms with Crippen LogP contribution in [0, 0.1) is 6.92 Å². The molecule has 0 bridgehead atoms. The molecule has 0 aliphatic carbocycles. The minimum absolute atomic E-state index is 0.162. The van der Waals surface area contributed by atoms with E-state index in [1.807, 2.05) is 6.92 Å². The van der Waals surface area contributed by atoms with Gasteiger partial charge in [0.05, 0.1) is 6.54 Å². The average Bonchev–Trinajstić information content (AvgIpc) is 2.39. The van der Waals surface area contributed by atoms with Crippen molar-refractivity contribution in [1.29, 1.82) is 0 Å². The lowest BCUT2D eigenvalue weighted by atomic mass is 9.87. The number of aryl methyl sites for hydroxylation is 1. The maximum atomic E-state index is 9.76. The Balaban J connectivity index is 2.06. The van der Waals surface area contributed by atoms with Crippen molar-refractivity contribution in [2.24, 2.45) is 0 Å². The molecule has 0 saturated carbocycles. The molecule has 2 N–H and O–H groups in total. The molecule has 0 atom stereocenters.